The normalized spacial score (nSPS) is 11.5. The van der Waals surface area contributed by atoms with E-state index in [1.807, 2.05) is 0 Å². The smallest absolute Gasteiger partial charge is 0.312 e. The molecule has 2 radical (unpaired) electrons. The van der Waals surface area contributed by atoms with Gasteiger partial charge in [0.2, 0.25) is 41.4 Å². The summed E-state index contributed by atoms with van der Waals surface area (Å²) in [5.41, 5.74) is 6.40. The number of rotatable bonds is 21. The van der Waals surface area contributed by atoms with Gasteiger partial charge >= 0.3 is 6.03 Å². The zero-order valence-electron chi connectivity index (χ0n) is 31.9. The molecule has 10 N–H and O–H groups in total. The molecule has 1 aliphatic heterocycles. The van der Waals surface area contributed by atoms with Crippen molar-refractivity contribution in [3.63, 3.8) is 0 Å². The number of hydrogen-bond donors (Lipinski definition) is 9. The topological polar surface area (TPSA) is 322 Å². The summed E-state index contributed by atoms with van der Waals surface area (Å²) in [5, 5.41) is 18.7. The van der Waals surface area contributed by atoms with Crippen molar-refractivity contribution >= 4 is 78.9 Å². The van der Waals surface area contributed by atoms with Gasteiger partial charge in [-0.1, -0.05) is 32.4 Å². The number of ether oxygens (including phenoxy) is 1. The number of amides is 11. The van der Waals surface area contributed by atoms with E-state index >= 15 is 0 Å². The van der Waals surface area contributed by atoms with Gasteiger partial charge in [-0.05, 0) is 30.5 Å². The fourth-order valence-corrected chi connectivity index (χ4v) is 4.04. The van der Waals surface area contributed by atoms with Crippen molar-refractivity contribution in [2.24, 2.45) is 5.73 Å². The summed E-state index contributed by atoms with van der Waals surface area (Å²) in [6.45, 7) is 1.47. The van der Waals surface area contributed by atoms with E-state index in [1.54, 1.807) is 31.4 Å². The zero-order chi connectivity index (χ0) is 43.2. The van der Waals surface area contributed by atoms with E-state index in [9.17, 15) is 47.9 Å². The first-order valence-electron chi connectivity index (χ1n) is 17.3. The average Bonchev–Trinajstić information content (AvgIpc) is 3.48. The minimum absolute atomic E-state index is 0.124. The minimum atomic E-state index is -1.04. The maximum atomic E-state index is 12.9. The number of methoxy groups -OCH3 is 1. The van der Waals surface area contributed by atoms with Crippen LogP contribution in [-0.2, 0) is 59.3 Å². The first-order valence-corrected chi connectivity index (χ1v) is 17.3. The van der Waals surface area contributed by atoms with E-state index in [-0.39, 0.29) is 19.2 Å². The number of benzene rings is 1. The summed E-state index contributed by atoms with van der Waals surface area (Å²) in [7, 11) is 5.72. The van der Waals surface area contributed by atoms with Gasteiger partial charge in [0.15, 0.2) is 7.85 Å². The van der Waals surface area contributed by atoms with Crippen LogP contribution in [-0.4, -0.2) is 137 Å². The molecule has 0 bridgehead atoms. The number of carbonyl (C=O) groups excluding carboxylic acids is 11. The number of nitrogens with zero attached hydrogens (tertiary/aromatic N) is 1. The van der Waals surface area contributed by atoms with Crippen molar-refractivity contribution in [3.8, 4) is 0 Å². The van der Waals surface area contributed by atoms with E-state index in [1.165, 1.54) is 6.42 Å². The molecule has 0 fully saturated rings. The summed E-state index contributed by atoms with van der Waals surface area (Å²) < 4.78 is 5.06. The van der Waals surface area contributed by atoms with Crippen LogP contribution in [0.2, 0.25) is 0 Å². The SMILES string of the molecule is CCC.COCc1ccc(NC(=O)C(CCCNC(N)=O)NC(=O)CNC(=O)CNC(=O)CNC(=O)CNC(=O)CNC(=O)CN2C(=O)C=CC2=O)cc1.[B]C=O. The van der Waals surface area contributed by atoms with E-state index in [4.69, 9.17) is 15.3 Å². The van der Waals surface area contributed by atoms with Gasteiger partial charge in [0.1, 0.15) is 12.6 Å². The Kier molecular flexibility index (Phi) is 26.2. The van der Waals surface area contributed by atoms with Crippen LogP contribution in [0.5, 0.6) is 0 Å². The lowest BCUT2D eigenvalue weighted by Gasteiger charge is -2.19. The molecule has 1 unspecified atom stereocenters. The lowest BCUT2D eigenvalue weighted by molar-refractivity contribution is -0.141. The number of carbonyl (C=O) groups is 11. The number of urea groups is 1. The number of anilines is 1. The van der Waals surface area contributed by atoms with Gasteiger partial charge in [0.25, 0.3) is 11.8 Å². The van der Waals surface area contributed by atoms with Crippen LogP contribution in [0.4, 0.5) is 10.5 Å². The molecule has 23 heteroatoms. The molecular formula is C34H49BN10O12. The van der Waals surface area contributed by atoms with Crippen LogP contribution < -0.4 is 48.3 Å². The summed E-state index contributed by atoms with van der Waals surface area (Å²) >= 11 is 0. The van der Waals surface area contributed by atoms with E-state index in [2.05, 4.69) is 64.2 Å². The van der Waals surface area contributed by atoms with Gasteiger partial charge < -0.3 is 57.8 Å². The summed E-state index contributed by atoms with van der Waals surface area (Å²) in [6.07, 6.45) is 3.92. The van der Waals surface area contributed by atoms with Crippen LogP contribution in [0.15, 0.2) is 36.4 Å². The maximum Gasteiger partial charge on any atom is 0.312 e. The van der Waals surface area contributed by atoms with Crippen molar-refractivity contribution in [1.29, 1.82) is 0 Å². The number of primary amides is 1. The molecule has 0 saturated carbocycles. The van der Waals surface area contributed by atoms with Crippen LogP contribution in [0.25, 0.3) is 0 Å². The Morgan fingerprint density at radius 1 is 0.737 bits per heavy atom. The van der Waals surface area contributed by atoms with Crippen LogP contribution in [0.3, 0.4) is 0 Å². The predicted molar refractivity (Wildman–Crippen MR) is 204 cm³/mol. The fraction of sp³-hybridized carbons (Fsp3) is 0.441. The molecular weight excluding hydrogens is 751 g/mol. The minimum Gasteiger partial charge on any atom is -0.380 e. The second-order valence-corrected chi connectivity index (χ2v) is 11.5. The first kappa shape index (κ1) is 50.4. The molecule has 1 aromatic carbocycles. The van der Waals surface area contributed by atoms with Gasteiger partial charge in [0.05, 0.1) is 45.5 Å². The van der Waals surface area contributed by atoms with Crippen molar-refractivity contribution < 1.29 is 57.5 Å². The van der Waals surface area contributed by atoms with Crippen molar-refractivity contribution in [3.05, 3.63) is 42.0 Å². The van der Waals surface area contributed by atoms with Gasteiger partial charge in [-0.25, -0.2) is 4.79 Å². The summed E-state index contributed by atoms with van der Waals surface area (Å²) in [5.74, 6) is -6.41. The standard InChI is InChI=1S/C30H40N10O11.C3H8.CHBO/c1-51-17-18-4-6-19(7-5-18)38-29(49)20(3-2-10-32-30(31)50)39-25(45)15-36-23(43)13-34-21(41)11-33-22(42)12-35-24(44)14-37-26(46)16-40-27(47)8-9-28(40)48;1-3-2;2-1-3/h4-9,20H,2-3,10-17H2,1H3,(H,33,42)(H,34,41)(H,35,44)(H,36,43)(H,37,46)(H,38,49)(H,39,45)(H3,31,32,50);3H2,1-2H3;1H. The van der Waals surface area contributed by atoms with E-state index < -0.39 is 105 Å². The monoisotopic (exact) mass is 800 g/mol. The molecule has 0 saturated heterocycles. The Bertz CT molecular complexity index is 1570. The van der Waals surface area contributed by atoms with Crippen molar-refractivity contribution in [1.82, 2.24) is 42.1 Å². The molecule has 1 atom stereocenters. The highest BCUT2D eigenvalue weighted by Crippen LogP contribution is 2.11. The van der Waals surface area contributed by atoms with Crippen molar-refractivity contribution in [2.45, 2.75) is 45.8 Å². The molecule has 11 amide bonds. The summed E-state index contributed by atoms with van der Waals surface area (Å²) in [4.78, 5) is 128. The molecule has 2 rings (SSSR count). The van der Waals surface area contributed by atoms with Gasteiger partial charge in [-0.2, -0.15) is 0 Å². The lowest BCUT2D eigenvalue weighted by Crippen LogP contribution is -2.49. The highest BCUT2D eigenvalue weighted by atomic mass is 16.5. The Morgan fingerprint density at radius 3 is 1.58 bits per heavy atom. The average molecular weight is 801 g/mol. The molecule has 22 nitrogen and oxygen atoms in total. The van der Waals surface area contributed by atoms with Crippen LogP contribution in [0, 0.1) is 0 Å². The Balaban J connectivity index is 0.00000489. The number of imide groups is 1. The predicted octanol–water partition coefficient (Wildman–Crippen LogP) is -4.03. The largest absolute Gasteiger partial charge is 0.380 e. The molecule has 0 aliphatic carbocycles. The second-order valence-electron chi connectivity index (χ2n) is 11.5. The first-order chi connectivity index (χ1) is 27.1. The fourth-order valence-electron chi connectivity index (χ4n) is 4.04. The Hall–Kier alpha value is -6.65. The van der Waals surface area contributed by atoms with Gasteiger partial charge in [-0.15, -0.1) is 0 Å². The molecule has 0 spiro atoms. The van der Waals surface area contributed by atoms with Crippen molar-refractivity contribution in [2.75, 3.05) is 58.2 Å². The number of hydrogen-bond acceptors (Lipinski definition) is 12. The molecule has 57 heavy (non-hydrogen) atoms. The second kappa shape index (κ2) is 29.7. The quantitative estimate of drug-likeness (QED) is 0.0249. The van der Waals surface area contributed by atoms with E-state index in [0.717, 1.165) is 17.7 Å². The summed E-state index contributed by atoms with van der Waals surface area (Å²) in [6, 6.07) is 5.05. The Morgan fingerprint density at radius 2 is 1.16 bits per heavy atom. The number of nitrogens with two attached hydrogens (primary N) is 1. The zero-order valence-corrected chi connectivity index (χ0v) is 31.9. The Labute approximate surface area is 330 Å². The molecule has 1 aromatic rings. The molecule has 1 aliphatic rings. The number of nitrogens with one attached hydrogen (secondary N) is 8. The van der Waals surface area contributed by atoms with E-state index in [0.29, 0.717) is 23.6 Å². The highest BCUT2D eigenvalue weighted by molar-refractivity contribution is 6.48. The molecule has 1 heterocycles. The highest BCUT2D eigenvalue weighted by Gasteiger charge is 2.26. The third kappa shape index (κ3) is 24.4. The molecule has 0 aromatic heterocycles. The van der Waals surface area contributed by atoms with Gasteiger partial charge in [0, 0.05) is 31.5 Å². The van der Waals surface area contributed by atoms with Crippen LogP contribution >= 0.6 is 0 Å². The third-order valence-corrected chi connectivity index (χ3v) is 6.59. The molecule has 310 valence electrons. The van der Waals surface area contributed by atoms with Gasteiger partial charge in [-0.3, -0.25) is 48.1 Å². The maximum absolute atomic E-state index is 12.9. The van der Waals surface area contributed by atoms with Crippen LogP contribution in [0.1, 0.15) is 38.7 Å². The lowest BCUT2D eigenvalue weighted by atomic mass is 10.1. The third-order valence-electron chi connectivity index (χ3n) is 6.59.